The summed E-state index contributed by atoms with van der Waals surface area (Å²) in [6.45, 7) is 0. The number of pyridine rings is 1. The monoisotopic (exact) mass is 236 g/mol. The molecule has 0 radical (unpaired) electrons. The van der Waals surface area contributed by atoms with Crippen molar-refractivity contribution in [2.45, 2.75) is 6.43 Å². The molecular weight excluding hydrogens is 230 g/mol. The number of halogens is 3. The fraction of sp³-hybridized carbons (Fsp3) is 0.250. The number of esters is 1. The highest BCUT2D eigenvalue weighted by Crippen LogP contribution is 2.33. The van der Waals surface area contributed by atoms with Gasteiger partial charge >= 0.3 is 5.97 Å². The van der Waals surface area contributed by atoms with E-state index in [1.807, 2.05) is 0 Å². The van der Waals surface area contributed by atoms with Crippen LogP contribution in [0.2, 0.25) is 5.02 Å². The summed E-state index contributed by atoms with van der Waals surface area (Å²) in [6, 6.07) is 0. The van der Waals surface area contributed by atoms with Crippen molar-refractivity contribution in [2.24, 2.45) is 0 Å². The van der Waals surface area contributed by atoms with Gasteiger partial charge in [0.25, 0.3) is 6.43 Å². The van der Waals surface area contributed by atoms with E-state index in [0.717, 1.165) is 13.3 Å². The standard InChI is InChI=1S/C8H7ClF2N2O2/c1-15-8(14)6-5(12)4(7(10)11)3(9)2-13-6/h2,7H,12H2,1H3. The molecule has 82 valence electrons. The average Bonchev–Trinajstić information content (AvgIpc) is 2.16. The normalized spacial score (nSPS) is 10.5. The summed E-state index contributed by atoms with van der Waals surface area (Å²) in [5.41, 5.74) is 3.91. The highest BCUT2D eigenvalue weighted by atomic mass is 35.5. The number of carbonyl (C=O) groups excluding carboxylic acids is 1. The summed E-state index contributed by atoms with van der Waals surface area (Å²) >= 11 is 5.47. The van der Waals surface area contributed by atoms with E-state index >= 15 is 0 Å². The molecular formula is C8H7ClF2N2O2. The van der Waals surface area contributed by atoms with Crippen molar-refractivity contribution in [2.75, 3.05) is 12.8 Å². The minimum atomic E-state index is -2.87. The second kappa shape index (κ2) is 4.39. The van der Waals surface area contributed by atoms with Crippen LogP contribution in [0, 0.1) is 0 Å². The average molecular weight is 237 g/mol. The number of carbonyl (C=O) groups is 1. The van der Waals surface area contributed by atoms with Crippen molar-refractivity contribution >= 4 is 23.3 Å². The van der Waals surface area contributed by atoms with E-state index in [-0.39, 0.29) is 10.7 Å². The zero-order valence-corrected chi connectivity index (χ0v) is 8.39. The number of rotatable bonds is 2. The fourth-order valence-corrected chi connectivity index (χ4v) is 1.23. The Hall–Kier alpha value is -1.43. The van der Waals surface area contributed by atoms with Gasteiger partial charge in [-0.05, 0) is 0 Å². The molecule has 0 aromatic carbocycles. The third-order valence-electron chi connectivity index (χ3n) is 1.71. The highest BCUT2D eigenvalue weighted by molar-refractivity contribution is 6.31. The van der Waals surface area contributed by atoms with Crippen LogP contribution in [0.5, 0.6) is 0 Å². The van der Waals surface area contributed by atoms with Crippen LogP contribution in [-0.4, -0.2) is 18.1 Å². The third kappa shape index (κ3) is 2.15. The van der Waals surface area contributed by atoms with Crippen LogP contribution < -0.4 is 5.73 Å². The lowest BCUT2D eigenvalue weighted by Gasteiger charge is -2.09. The molecule has 0 bridgehead atoms. The van der Waals surface area contributed by atoms with Crippen molar-refractivity contribution in [3.8, 4) is 0 Å². The molecule has 1 aromatic heterocycles. The Labute approximate surface area is 89.0 Å². The van der Waals surface area contributed by atoms with Crippen LogP contribution in [0.3, 0.4) is 0 Å². The molecule has 0 amide bonds. The molecule has 15 heavy (non-hydrogen) atoms. The largest absolute Gasteiger partial charge is 0.464 e. The fourth-order valence-electron chi connectivity index (χ4n) is 0.998. The third-order valence-corrected chi connectivity index (χ3v) is 2.01. The molecule has 0 aliphatic rings. The maximum Gasteiger partial charge on any atom is 0.358 e. The summed E-state index contributed by atoms with van der Waals surface area (Å²) in [5, 5.41) is -0.282. The number of nitrogen functional groups attached to an aromatic ring is 1. The van der Waals surface area contributed by atoms with Crippen molar-refractivity contribution in [3.63, 3.8) is 0 Å². The summed E-state index contributed by atoms with van der Waals surface area (Å²) in [4.78, 5) is 14.6. The predicted octanol–water partition coefficient (Wildman–Crippen LogP) is 2.04. The van der Waals surface area contributed by atoms with Crippen molar-refractivity contribution in [1.29, 1.82) is 0 Å². The van der Waals surface area contributed by atoms with Crippen LogP contribution in [-0.2, 0) is 4.74 Å². The second-order valence-corrected chi connectivity index (χ2v) is 2.98. The predicted molar refractivity (Wildman–Crippen MR) is 50.0 cm³/mol. The smallest absolute Gasteiger partial charge is 0.358 e. The second-order valence-electron chi connectivity index (χ2n) is 2.57. The molecule has 1 rings (SSSR count). The zero-order chi connectivity index (χ0) is 11.6. The van der Waals surface area contributed by atoms with Gasteiger partial charge in [-0.1, -0.05) is 11.6 Å². The number of hydrogen-bond acceptors (Lipinski definition) is 4. The molecule has 0 saturated heterocycles. The van der Waals surface area contributed by atoms with Crippen molar-refractivity contribution < 1.29 is 18.3 Å². The molecule has 0 spiro atoms. The van der Waals surface area contributed by atoms with Gasteiger partial charge in [0, 0.05) is 6.20 Å². The first-order valence-corrected chi connectivity index (χ1v) is 4.17. The number of aromatic nitrogens is 1. The molecule has 0 aliphatic carbocycles. The number of hydrogen-bond donors (Lipinski definition) is 1. The Morgan fingerprint density at radius 2 is 2.27 bits per heavy atom. The van der Waals surface area contributed by atoms with E-state index in [4.69, 9.17) is 17.3 Å². The SMILES string of the molecule is COC(=O)c1ncc(Cl)c(C(F)F)c1N. The van der Waals surface area contributed by atoms with Gasteiger partial charge in [-0.3, -0.25) is 0 Å². The Morgan fingerprint density at radius 3 is 2.73 bits per heavy atom. The summed E-state index contributed by atoms with van der Waals surface area (Å²) in [5.74, 6) is -0.883. The Bertz CT molecular complexity index is 398. The van der Waals surface area contributed by atoms with Gasteiger partial charge in [-0.15, -0.1) is 0 Å². The summed E-state index contributed by atoms with van der Waals surface area (Å²) in [7, 11) is 1.10. The zero-order valence-electron chi connectivity index (χ0n) is 7.63. The van der Waals surface area contributed by atoms with E-state index in [1.165, 1.54) is 0 Å². The molecule has 0 atom stereocenters. The lowest BCUT2D eigenvalue weighted by molar-refractivity contribution is 0.0595. The number of nitrogens with two attached hydrogens (primary N) is 1. The summed E-state index contributed by atoms with van der Waals surface area (Å²) < 4.78 is 29.3. The van der Waals surface area contributed by atoms with E-state index in [2.05, 4.69) is 9.72 Å². The van der Waals surface area contributed by atoms with Gasteiger partial charge in [0.2, 0.25) is 0 Å². The van der Waals surface area contributed by atoms with Crippen LogP contribution in [0.1, 0.15) is 22.5 Å². The van der Waals surface area contributed by atoms with Gasteiger partial charge in [-0.25, -0.2) is 18.6 Å². The first-order chi connectivity index (χ1) is 6.99. The van der Waals surface area contributed by atoms with Gasteiger partial charge in [-0.2, -0.15) is 0 Å². The Balaban J connectivity index is 3.35. The molecule has 0 aliphatic heterocycles. The lowest BCUT2D eigenvalue weighted by Crippen LogP contribution is -2.11. The van der Waals surface area contributed by atoms with E-state index in [1.54, 1.807) is 0 Å². The Morgan fingerprint density at radius 1 is 1.67 bits per heavy atom. The van der Waals surface area contributed by atoms with Crippen LogP contribution >= 0.6 is 11.6 Å². The van der Waals surface area contributed by atoms with Crippen LogP contribution in [0.25, 0.3) is 0 Å². The number of anilines is 1. The van der Waals surface area contributed by atoms with Crippen LogP contribution in [0.15, 0.2) is 6.20 Å². The first kappa shape index (κ1) is 11.6. The van der Waals surface area contributed by atoms with Crippen molar-refractivity contribution in [1.82, 2.24) is 4.98 Å². The van der Waals surface area contributed by atoms with Crippen molar-refractivity contribution in [3.05, 3.63) is 22.5 Å². The summed E-state index contributed by atoms with van der Waals surface area (Å²) in [6.07, 6.45) is -1.94. The van der Waals surface area contributed by atoms with Gasteiger partial charge in [0.05, 0.1) is 23.4 Å². The van der Waals surface area contributed by atoms with E-state index < -0.39 is 23.6 Å². The molecule has 4 nitrogen and oxygen atoms in total. The Kier molecular flexibility index (Phi) is 3.41. The van der Waals surface area contributed by atoms with E-state index in [0.29, 0.717) is 0 Å². The number of methoxy groups -OCH3 is 1. The molecule has 0 fully saturated rings. The van der Waals surface area contributed by atoms with E-state index in [9.17, 15) is 13.6 Å². The van der Waals surface area contributed by atoms with Crippen LogP contribution in [0.4, 0.5) is 14.5 Å². The van der Waals surface area contributed by atoms with Gasteiger partial charge in [0.15, 0.2) is 5.69 Å². The van der Waals surface area contributed by atoms with Gasteiger partial charge in [0.1, 0.15) is 0 Å². The maximum atomic E-state index is 12.5. The topological polar surface area (TPSA) is 65.2 Å². The number of alkyl halides is 2. The minimum absolute atomic E-state index is 0.282. The molecule has 0 saturated carbocycles. The molecule has 2 N–H and O–H groups in total. The molecule has 1 aromatic rings. The van der Waals surface area contributed by atoms with Gasteiger partial charge < -0.3 is 10.5 Å². The number of ether oxygens (including phenoxy) is 1. The quantitative estimate of drug-likeness (QED) is 0.798. The molecule has 7 heteroatoms. The first-order valence-electron chi connectivity index (χ1n) is 3.79. The maximum absolute atomic E-state index is 12.5. The minimum Gasteiger partial charge on any atom is -0.464 e. The lowest BCUT2D eigenvalue weighted by atomic mass is 10.2. The molecule has 0 unspecified atom stereocenters. The molecule has 1 heterocycles. The number of nitrogens with zero attached hydrogens (tertiary/aromatic N) is 1. The highest BCUT2D eigenvalue weighted by Gasteiger charge is 2.22.